The summed E-state index contributed by atoms with van der Waals surface area (Å²) in [6.07, 6.45) is 2.15. The van der Waals surface area contributed by atoms with Gasteiger partial charge in [-0.1, -0.05) is 54.2 Å². The zero-order valence-electron chi connectivity index (χ0n) is 17.0. The molecule has 0 saturated heterocycles. The smallest absolute Gasteiger partial charge is 0.277 e. The summed E-state index contributed by atoms with van der Waals surface area (Å²) in [5, 5.41) is 8.57. The molecule has 0 N–H and O–H groups in total. The minimum Gasteiger partial charge on any atom is -0.411 e. The Morgan fingerprint density at radius 2 is 1.83 bits per heavy atom. The second-order valence-corrected chi connectivity index (χ2v) is 8.64. The lowest BCUT2D eigenvalue weighted by Gasteiger charge is -2.42. The van der Waals surface area contributed by atoms with E-state index in [9.17, 15) is 4.79 Å². The van der Waals surface area contributed by atoms with Crippen molar-refractivity contribution in [3.05, 3.63) is 65.7 Å². The molecule has 0 saturated carbocycles. The number of rotatable bonds is 4. The summed E-state index contributed by atoms with van der Waals surface area (Å²) in [5.74, 6) is 0.693. The molecule has 0 aliphatic carbocycles. The fourth-order valence-corrected chi connectivity index (χ4v) is 4.45. The van der Waals surface area contributed by atoms with Crippen molar-refractivity contribution in [3.63, 3.8) is 0 Å². The van der Waals surface area contributed by atoms with E-state index in [1.807, 2.05) is 54.3 Å². The number of carbonyl (C=O) groups is 1. The van der Waals surface area contributed by atoms with Crippen molar-refractivity contribution >= 4 is 28.9 Å². The molecule has 6 heteroatoms. The standard InChI is InChI=1S/C23H23N3O2S/c1-15-9-8-12-18-16(2)13-23(3,4)26(20(15)18)19(27)14-29-22-25-24-21(28-22)17-10-6-5-7-11-17/h5-13H,14H2,1-4H3. The second kappa shape index (κ2) is 7.52. The minimum atomic E-state index is -0.412. The average Bonchev–Trinajstić information content (AvgIpc) is 3.16. The summed E-state index contributed by atoms with van der Waals surface area (Å²) in [5.41, 5.74) is 4.82. The number of fused-ring (bicyclic) bond motifs is 1. The van der Waals surface area contributed by atoms with Gasteiger partial charge < -0.3 is 9.32 Å². The van der Waals surface area contributed by atoms with E-state index in [1.165, 1.54) is 17.3 Å². The van der Waals surface area contributed by atoms with Crippen LogP contribution in [0.5, 0.6) is 0 Å². The van der Waals surface area contributed by atoms with Gasteiger partial charge in [-0.3, -0.25) is 4.79 Å². The molecule has 2 aromatic carbocycles. The first-order valence-electron chi connectivity index (χ1n) is 9.51. The van der Waals surface area contributed by atoms with Gasteiger partial charge in [-0.15, -0.1) is 10.2 Å². The van der Waals surface area contributed by atoms with Gasteiger partial charge in [0.05, 0.1) is 17.0 Å². The van der Waals surface area contributed by atoms with E-state index in [2.05, 4.69) is 43.1 Å². The molecule has 3 aromatic rings. The van der Waals surface area contributed by atoms with Crippen molar-refractivity contribution in [2.24, 2.45) is 0 Å². The van der Waals surface area contributed by atoms with Gasteiger partial charge in [0, 0.05) is 11.1 Å². The van der Waals surface area contributed by atoms with E-state index in [1.54, 1.807) is 0 Å². The van der Waals surface area contributed by atoms with Crippen LogP contribution in [0.2, 0.25) is 0 Å². The van der Waals surface area contributed by atoms with Crippen LogP contribution < -0.4 is 4.90 Å². The van der Waals surface area contributed by atoms with Gasteiger partial charge in [0.25, 0.3) is 5.22 Å². The van der Waals surface area contributed by atoms with Crippen LogP contribution in [0.1, 0.15) is 31.9 Å². The summed E-state index contributed by atoms with van der Waals surface area (Å²) < 4.78 is 5.73. The lowest BCUT2D eigenvalue weighted by molar-refractivity contribution is -0.116. The fraction of sp³-hybridized carbons (Fsp3) is 0.261. The summed E-state index contributed by atoms with van der Waals surface area (Å²) >= 11 is 1.27. The number of hydrogen-bond acceptors (Lipinski definition) is 5. The molecule has 0 unspecified atom stereocenters. The molecule has 0 bridgehead atoms. The van der Waals surface area contributed by atoms with Gasteiger partial charge in [0.2, 0.25) is 11.8 Å². The third-order valence-electron chi connectivity index (χ3n) is 5.03. The molecule has 0 radical (unpaired) electrons. The molecule has 0 spiro atoms. The summed E-state index contributed by atoms with van der Waals surface area (Å²) in [6.45, 7) is 8.27. The maximum absolute atomic E-state index is 13.3. The van der Waals surface area contributed by atoms with Gasteiger partial charge in [-0.05, 0) is 51.0 Å². The predicted molar refractivity (Wildman–Crippen MR) is 117 cm³/mol. The van der Waals surface area contributed by atoms with E-state index in [0.717, 1.165) is 22.4 Å². The van der Waals surface area contributed by atoms with E-state index in [4.69, 9.17) is 4.42 Å². The van der Waals surface area contributed by atoms with Gasteiger partial charge >= 0.3 is 0 Å². The number of allylic oxidation sites excluding steroid dienone is 1. The highest BCUT2D eigenvalue weighted by Crippen LogP contribution is 2.41. The topological polar surface area (TPSA) is 59.2 Å². The quantitative estimate of drug-likeness (QED) is 0.547. The maximum atomic E-state index is 13.3. The number of hydrogen-bond donors (Lipinski definition) is 0. The van der Waals surface area contributed by atoms with Crippen LogP contribution in [0.15, 0.2) is 64.2 Å². The number of amides is 1. The number of carbonyl (C=O) groups excluding carboxylic acids is 1. The molecule has 148 valence electrons. The Kier molecular flexibility index (Phi) is 5.04. The molecule has 1 aromatic heterocycles. The maximum Gasteiger partial charge on any atom is 0.277 e. The number of aryl methyl sites for hydroxylation is 1. The molecule has 1 aliphatic rings. The number of para-hydroxylation sites is 1. The fourth-order valence-electron chi connectivity index (χ4n) is 3.83. The van der Waals surface area contributed by atoms with Crippen molar-refractivity contribution < 1.29 is 9.21 Å². The number of nitrogens with zero attached hydrogens (tertiary/aromatic N) is 3. The number of anilines is 1. The van der Waals surface area contributed by atoms with Crippen molar-refractivity contribution in [1.82, 2.24) is 10.2 Å². The lowest BCUT2D eigenvalue weighted by Crippen LogP contribution is -2.50. The Morgan fingerprint density at radius 3 is 2.59 bits per heavy atom. The van der Waals surface area contributed by atoms with Crippen molar-refractivity contribution in [3.8, 4) is 11.5 Å². The third kappa shape index (κ3) is 3.72. The van der Waals surface area contributed by atoms with Crippen LogP contribution in [-0.4, -0.2) is 27.4 Å². The third-order valence-corrected chi connectivity index (χ3v) is 5.83. The monoisotopic (exact) mass is 405 g/mol. The van der Waals surface area contributed by atoms with E-state index < -0.39 is 5.54 Å². The molecular formula is C23H23N3O2S. The SMILES string of the molecule is CC1=CC(C)(C)N(C(=O)CSc2nnc(-c3ccccc3)o2)c2c(C)cccc21. The summed E-state index contributed by atoms with van der Waals surface area (Å²) in [7, 11) is 0. The predicted octanol–water partition coefficient (Wildman–Crippen LogP) is 5.37. The van der Waals surface area contributed by atoms with Crippen LogP contribution in [0.3, 0.4) is 0 Å². The number of aromatic nitrogens is 2. The molecule has 5 nitrogen and oxygen atoms in total. The molecule has 0 atom stereocenters. The first-order valence-corrected chi connectivity index (χ1v) is 10.5. The Morgan fingerprint density at radius 1 is 1.07 bits per heavy atom. The van der Waals surface area contributed by atoms with Gasteiger partial charge in [-0.2, -0.15) is 0 Å². The molecule has 0 fully saturated rings. The molecule has 29 heavy (non-hydrogen) atoms. The molecule has 1 amide bonds. The van der Waals surface area contributed by atoms with Gasteiger partial charge in [0.15, 0.2) is 0 Å². The van der Waals surface area contributed by atoms with Crippen molar-refractivity contribution in [2.75, 3.05) is 10.7 Å². The van der Waals surface area contributed by atoms with E-state index in [0.29, 0.717) is 11.1 Å². The number of thioether (sulfide) groups is 1. The first-order chi connectivity index (χ1) is 13.9. The van der Waals surface area contributed by atoms with E-state index in [-0.39, 0.29) is 11.7 Å². The summed E-state index contributed by atoms with van der Waals surface area (Å²) in [4.78, 5) is 15.2. The minimum absolute atomic E-state index is 0.0127. The van der Waals surface area contributed by atoms with Crippen LogP contribution in [0, 0.1) is 6.92 Å². The number of benzene rings is 2. The van der Waals surface area contributed by atoms with Gasteiger partial charge in [-0.25, -0.2) is 0 Å². The average molecular weight is 406 g/mol. The first kappa shape index (κ1) is 19.5. The Labute approximate surface area is 174 Å². The van der Waals surface area contributed by atoms with Gasteiger partial charge in [0.1, 0.15) is 0 Å². The highest BCUT2D eigenvalue weighted by Gasteiger charge is 2.36. The molecular weight excluding hydrogens is 382 g/mol. The highest BCUT2D eigenvalue weighted by atomic mass is 32.2. The largest absolute Gasteiger partial charge is 0.411 e. The molecule has 1 aliphatic heterocycles. The Bertz CT molecular complexity index is 1090. The van der Waals surface area contributed by atoms with Crippen molar-refractivity contribution in [2.45, 2.75) is 38.5 Å². The normalized spacial score (nSPS) is 15.0. The highest BCUT2D eigenvalue weighted by molar-refractivity contribution is 7.99. The van der Waals surface area contributed by atoms with Crippen LogP contribution >= 0.6 is 11.8 Å². The summed E-state index contributed by atoms with van der Waals surface area (Å²) in [6, 6.07) is 15.8. The zero-order chi connectivity index (χ0) is 20.6. The molecule has 2 heterocycles. The van der Waals surface area contributed by atoms with Crippen LogP contribution in [0.25, 0.3) is 17.0 Å². The van der Waals surface area contributed by atoms with Crippen LogP contribution in [-0.2, 0) is 4.79 Å². The van der Waals surface area contributed by atoms with Crippen LogP contribution in [0.4, 0.5) is 5.69 Å². The Balaban J connectivity index is 1.55. The zero-order valence-corrected chi connectivity index (χ0v) is 17.8. The Hall–Kier alpha value is -2.86. The van der Waals surface area contributed by atoms with Crippen molar-refractivity contribution in [1.29, 1.82) is 0 Å². The second-order valence-electron chi connectivity index (χ2n) is 7.71. The lowest BCUT2D eigenvalue weighted by atomic mass is 9.87. The molecule has 4 rings (SSSR count). The van der Waals surface area contributed by atoms with E-state index >= 15 is 0 Å².